The van der Waals surface area contributed by atoms with Gasteiger partial charge in [0.15, 0.2) is 21.3 Å². The molecule has 0 spiro atoms. The van der Waals surface area contributed by atoms with Crippen LogP contribution in [-0.2, 0) is 26.3 Å². The molecule has 3 aromatic carbocycles. The Morgan fingerprint density at radius 1 is 0.970 bits per heavy atom. The minimum absolute atomic E-state index is 0.0568. The molecule has 0 heterocycles. The molecule has 0 radical (unpaired) electrons. The highest BCUT2D eigenvalue weighted by Crippen LogP contribution is 2.25. The monoisotopic (exact) mass is 486 g/mol. The summed E-state index contributed by atoms with van der Waals surface area (Å²) in [6, 6.07) is 14.6. The number of nitrogens with zero attached hydrogens (tertiary/aromatic N) is 2. The van der Waals surface area contributed by atoms with Crippen molar-refractivity contribution in [2.24, 2.45) is 0 Å². The maximum atomic E-state index is 14.1. The number of rotatable bonds is 7. The molecule has 0 aromatic heterocycles. The zero-order valence-corrected chi connectivity index (χ0v) is 19.3. The predicted molar refractivity (Wildman–Crippen MR) is 122 cm³/mol. The van der Waals surface area contributed by atoms with Crippen molar-refractivity contribution >= 4 is 37.0 Å². The van der Waals surface area contributed by atoms with E-state index in [4.69, 9.17) is 6.57 Å². The van der Waals surface area contributed by atoms with E-state index in [0.717, 1.165) is 16.6 Å². The Balaban J connectivity index is 1.87. The summed E-state index contributed by atoms with van der Waals surface area (Å²) in [6.45, 7) is 6.91. The number of Topliss-reactive ketones (excluding diaryl/α,β-unsaturated/α-hetero) is 1. The second kappa shape index (κ2) is 9.13. The molecule has 10 heteroatoms. The number of carbonyl (C=O) groups excluding carboxylic acids is 1. The first-order valence-corrected chi connectivity index (χ1v) is 12.8. The average Bonchev–Trinajstić information content (AvgIpc) is 2.79. The molecule has 0 N–H and O–H groups in total. The fourth-order valence-electron chi connectivity index (χ4n) is 3.05. The maximum Gasteiger partial charge on any atom is 0.264 e. The number of carbonyl (C=O) groups is 1. The summed E-state index contributed by atoms with van der Waals surface area (Å²) < 4.78 is 64.5. The number of halogens is 1. The molecule has 0 bridgehead atoms. The summed E-state index contributed by atoms with van der Waals surface area (Å²) in [6.07, 6.45) is 0.756. The summed E-state index contributed by atoms with van der Waals surface area (Å²) in [5, 5.41) is 0. The van der Waals surface area contributed by atoms with Crippen molar-refractivity contribution < 1.29 is 26.0 Å². The standard InChI is InChI=1S/C23H19FN2O5S2/c1-25-18-8-7-16(22(24)15-18)14-23(27)17-5-4-6-21(13-17)33(30,31)26(2)19-9-11-20(12-10-19)32(3,28)29/h4-13,15H,14H2,2-3H3. The normalized spacial score (nSPS) is 11.6. The van der Waals surface area contributed by atoms with E-state index in [2.05, 4.69) is 4.85 Å². The summed E-state index contributed by atoms with van der Waals surface area (Å²) in [4.78, 5) is 15.7. The van der Waals surface area contributed by atoms with Gasteiger partial charge in [-0.05, 0) is 48.0 Å². The topological polar surface area (TPSA) is 92.9 Å². The lowest BCUT2D eigenvalue weighted by Gasteiger charge is -2.20. The van der Waals surface area contributed by atoms with Crippen LogP contribution in [0.4, 0.5) is 15.8 Å². The average molecular weight is 487 g/mol. The third kappa shape index (κ3) is 5.27. The van der Waals surface area contributed by atoms with Gasteiger partial charge in [0.2, 0.25) is 0 Å². The highest BCUT2D eigenvalue weighted by Gasteiger charge is 2.23. The number of hydrogen-bond donors (Lipinski definition) is 0. The van der Waals surface area contributed by atoms with Gasteiger partial charge in [-0.3, -0.25) is 9.10 Å². The molecule has 0 aliphatic rings. The number of benzene rings is 3. The van der Waals surface area contributed by atoms with Crippen LogP contribution in [-0.4, -0.2) is 35.9 Å². The third-order valence-electron chi connectivity index (χ3n) is 4.96. The van der Waals surface area contributed by atoms with Crippen LogP contribution in [0.25, 0.3) is 4.85 Å². The molecule has 3 rings (SSSR count). The van der Waals surface area contributed by atoms with Crippen molar-refractivity contribution in [2.75, 3.05) is 17.6 Å². The van der Waals surface area contributed by atoms with Crippen LogP contribution >= 0.6 is 0 Å². The van der Waals surface area contributed by atoms with Crippen LogP contribution < -0.4 is 4.31 Å². The van der Waals surface area contributed by atoms with Gasteiger partial charge in [0.05, 0.1) is 22.1 Å². The first-order valence-electron chi connectivity index (χ1n) is 9.51. The van der Waals surface area contributed by atoms with Crippen molar-refractivity contribution in [3.8, 4) is 0 Å². The van der Waals surface area contributed by atoms with Crippen LogP contribution in [0.3, 0.4) is 0 Å². The number of ketones is 1. The molecule has 0 amide bonds. The molecule has 0 saturated carbocycles. The van der Waals surface area contributed by atoms with E-state index >= 15 is 0 Å². The van der Waals surface area contributed by atoms with Crippen molar-refractivity contribution in [2.45, 2.75) is 16.2 Å². The molecule has 3 aromatic rings. The Kier molecular flexibility index (Phi) is 6.67. The molecular formula is C23H19FN2O5S2. The van der Waals surface area contributed by atoms with E-state index < -0.39 is 31.5 Å². The van der Waals surface area contributed by atoms with Gasteiger partial charge in [-0.15, -0.1) is 0 Å². The predicted octanol–water partition coefficient (Wildman–Crippen LogP) is 4.03. The fraction of sp³-hybridized carbons (Fsp3) is 0.130. The van der Waals surface area contributed by atoms with Gasteiger partial charge in [0, 0.05) is 25.3 Å². The molecule has 0 saturated heterocycles. The van der Waals surface area contributed by atoms with Crippen LogP contribution in [0, 0.1) is 12.4 Å². The Morgan fingerprint density at radius 3 is 2.21 bits per heavy atom. The molecule has 170 valence electrons. The first kappa shape index (κ1) is 24.1. The van der Waals surface area contributed by atoms with Crippen LogP contribution in [0.5, 0.6) is 0 Å². The summed E-state index contributed by atoms with van der Waals surface area (Å²) in [5.74, 6) is -1.17. The molecule has 33 heavy (non-hydrogen) atoms. The van der Waals surface area contributed by atoms with E-state index in [1.54, 1.807) is 0 Å². The molecule has 0 fully saturated rings. The molecule has 0 aliphatic heterocycles. The van der Waals surface area contributed by atoms with Crippen molar-refractivity contribution in [1.29, 1.82) is 0 Å². The second-order valence-electron chi connectivity index (χ2n) is 7.25. The summed E-state index contributed by atoms with van der Waals surface area (Å²) in [7, 11) is -6.18. The highest BCUT2D eigenvalue weighted by molar-refractivity contribution is 7.92. The molecule has 0 unspecified atom stereocenters. The van der Waals surface area contributed by atoms with Gasteiger partial charge in [-0.25, -0.2) is 26.1 Å². The van der Waals surface area contributed by atoms with Gasteiger partial charge < -0.3 is 0 Å². The summed E-state index contributed by atoms with van der Waals surface area (Å²) in [5.41, 5.74) is 0.541. The van der Waals surface area contributed by atoms with Crippen molar-refractivity contribution in [1.82, 2.24) is 0 Å². The minimum Gasteiger partial charge on any atom is -0.294 e. The van der Waals surface area contributed by atoms with E-state index in [9.17, 15) is 26.0 Å². The largest absolute Gasteiger partial charge is 0.294 e. The van der Waals surface area contributed by atoms with E-state index in [1.807, 2.05) is 0 Å². The lowest BCUT2D eigenvalue weighted by atomic mass is 10.0. The van der Waals surface area contributed by atoms with Gasteiger partial charge in [0.1, 0.15) is 5.82 Å². The summed E-state index contributed by atoms with van der Waals surface area (Å²) >= 11 is 0. The Hall–Kier alpha value is -3.55. The number of hydrogen-bond acceptors (Lipinski definition) is 5. The first-order chi connectivity index (χ1) is 15.4. The molecular weight excluding hydrogens is 467 g/mol. The van der Waals surface area contributed by atoms with Crippen molar-refractivity contribution in [3.05, 3.63) is 95.1 Å². The quantitative estimate of drug-likeness (QED) is 0.371. The Bertz CT molecular complexity index is 1480. The number of sulfonamides is 1. The number of sulfone groups is 1. The van der Waals surface area contributed by atoms with E-state index in [1.165, 1.54) is 67.7 Å². The Labute approximate surface area is 191 Å². The number of anilines is 1. The maximum absolute atomic E-state index is 14.1. The smallest absolute Gasteiger partial charge is 0.264 e. The van der Waals surface area contributed by atoms with Gasteiger partial charge >= 0.3 is 0 Å². The van der Waals surface area contributed by atoms with Crippen LogP contribution in [0.1, 0.15) is 15.9 Å². The lowest BCUT2D eigenvalue weighted by molar-refractivity contribution is 0.0991. The molecule has 7 nitrogen and oxygen atoms in total. The SMILES string of the molecule is [C-]#[N+]c1ccc(CC(=O)c2cccc(S(=O)(=O)N(C)c3ccc(S(C)(=O)=O)cc3)c2)c(F)c1. The molecule has 0 atom stereocenters. The van der Waals surface area contributed by atoms with Crippen LogP contribution in [0.2, 0.25) is 0 Å². The fourth-order valence-corrected chi connectivity index (χ4v) is 4.93. The van der Waals surface area contributed by atoms with Gasteiger partial charge in [-0.1, -0.05) is 24.3 Å². The Morgan fingerprint density at radius 2 is 1.64 bits per heavy atom. The highest BCUT2D eigenvalue weighted by atomic mass is 32.2. The van der Waals surface area contributed by atoms with E-state index in [0.29, 0.717) is 0 Å². The zero-order valence-electron chi connectivity index (χ0n) is 17.7. The van der Waals surface area contributed by atoms with Crippen LogP contribution in [0.15, 0.2) is 76.5 Å². The lowest BCUT2D eigenvalue weighted by Crippen LogP contribution is -2.26. The van der Waals surface area contributed by atoms with E-state index in [-0.39, 0.29) is 38.7 Å². The van der Waals surface area contributed by atoms with Gasteiger partial charge in [-0.2, -0.15) is 0 Å². The second-order valence-corrected chi connectivity index (χ2v) is 11.2. The zero-order chi connectivity index (χ0) is 24.4. The third-order valence-corrected chi connectivity index (χ3v) is 7.87. The minimum atomic E-state index is -4.06. The molecule has 0 aliphatic carbocycles. The van der Waals surface area contributed by atoms with Gasteiger partial charge in [0.25, 0.3) is 10.0 Å². The van der Waals surface area contributed by atoms with Crippen molar-refractivity contribution in [3.63, 3.8) is 0 Å².